The predicted molar refractivity (Wildman–Crippen MR) is 96.5 cm³/mol. The highest BCUT2D eigenvalue weighted by Gasteiger charge is 2.11. The van der Waals surface area contributed by atoms with Crippen LogP contribution in [-0.4, -0.2) is 34.1 Å². The number of carboxylic acids is 2. The van der Waals surface area contributed by atoms with Crippen molar-refractivity contribution < 1.29 is 38.9 Å². The molecule has 2 aromatic rings. The number of rotatable bonds is 9. The third kappa shape index (κ3) is 6.56. The smallest absolute Gasteiger partial charge is 0.335 e. The maximum absolute atomic E-state index is 11.8. The Morgan fingerprint density at radius 1 is 0.679 bits per heavy atom. The quantitative estimate of drug-likeness (QED) is 0.382. The van der Waals surface area contributed by atoms with Gasteiger partial charge in [-0.05, 0) is 49.2 Å². The Morgan fingerprint density at radius 2 is 1.07 bits per heavy atom. The zero-order valence-electron chi connectivity index (χ0n) is 14.8. The summed E-state index contributed by atoms with van der Waals surface area (Å²) in [5.41, 5.74) is 0.0278. The second-order valence-corrected chi connectivity index (χ2v) is 5.82. The minimum absolute atomic E-state index is 0.0139. The van der Waals surface area contributed by atoms with E-state index in [0.717, 1.165) is 0 Å². The van der Waals surface area contributed by atoms with Crippen molar-refractivity contribution in [2.24, 2.45) is 0 Å². The van der Waals surface area contributed by atoms with Gasteiger partial charge in [-0.3, -0.25) is 9.59 Å². The molecule has 0 amide bonds. The van der Waals surface area contributed by atoms with Gasteiger partial charge in [-0.2, -0.15) is 0 Å². The molecule has 0 spiro atoms. The summed E-state index contributed by atoms with van der Waals surface area (Å²) >= 11 is 0. The summed E-state index contributed by atoms with van der Waals surface area (Å²) in [4.78, 5) is 45.3. The maximum Gasteiger partial charge on any atom is 0.335 e. The van der Waals surface area contributed by atoms with Crippen molar-refractivity contribution in [3.8, 4) is 11.5 Å². The van der Waals surface area contributed by atoms with Crippen LogP contribution in [0.15, 0.2) is 48.5 Å². The van der Waals surface area contributed by atoms with Gasteiger partial charge in [0.1, 0.15) is 11.5 Å². The van der Waals surface area contributed by atoms with E-state index in [1.807, 2.05) is 0 Å². The van der Waals surface area contributed by atoms with Gasteiger partial charge in [0.05, 0.1) is 11.1 Å². The largest absolute Gasteiger partial charge is 0.478 e. The van der Waals surface area contributed by atoms with E-state index in [-0.39, 0.29) is 35.5 Å². The highest BCUT2D eigenvalue weighted by molar-refractivity contribution is 5.88. The number of hydrogen-bond acceptors (Lipinski definition) is 6. The van der Waals surface area contributed by atoms with Crippen LogP contribution in [0, 0.1) is 0 Å². The van der Waals surface area contributed by atoms with Crippen LogP contribution in [0.1, 0.15) is 46.4 Å². The summed E-state index contributed by atoms with van der Waals surface area (Å²) in [6.07, 6.45) is 0.863. The van der Waals surface area contributed by atoms with E-state index in [1.54, 1.807) is 0 Å². The van der Waals surface area contributed by atoms with Crippen molar-refractivity contribution in [3.05, 3.63) is 59.7 Å². The van der Waals surface area contributed by atoms with Gasteiger partial charge < -0.3 is 19.7 Å². The zero-order valence-corrected chi connectivity index (χ0v) is 14.8. The molecule has 0 aliphatic carbocycles. The summed E-state index contributed by atoms with van der Waals surface area (Å²) in [5, 5.41) is 17.8. The van der Waals surface area contributed by atoms with Gasteiger partial charge in [-0.25, -0.2) is 9.59 Å². The lowest BCUT2D eigenvalue weighted by atomic mass is 10.2. The van der Waals surface area contributed by atoms with Crippen molar-refractivity contribution in [3.63, 3.8) is 0 Å². The number of ether oxygens (including phenoxy) is 2. The molecular weight excluding hydrogens is 368 g/mol. The first-order chi connectivity index (χ1) is 13.3. The van der Waals surface area contributed by atoms with Crippen LogP contribution in [0.25, 0.3) is 0 Å². The van der Waals surface area contributed by atoms with Crippen LogP contribution in [0.3, 0.4) is 0 Å². The third-order valence-corrected chi connectivity index (χ3v) is 3.64. The monoisotopic (exact) mass is 386 g/mol. The van der Waals surface area contributed by atoms with E-state index in [9.17, 15) is 19.2 Å². The molecule has 0 heterocycles. The molecule has 0 aliphatic heterocycles. The first-order valence-electron chi connectivity index (χ1n) is 8.43. The van der Waals surface area contributed by atoms with E-state index < -0.39 is 23.9 Å². The second kappa shape index (κ2) is 9.86. The minimum Gasteiger partial charge on any atom is -0.478 e. The summed E-state index contributed by atoms with van der Waals surface area (Å²) < 4.78 is 10.1. The van der Waals surface area contributed by atoms with Gasteiger partial charge in [0.2, 0.25) is 0 Å². The second-order valence-electron chi connectivity index (χ2n) is 5.82. The van der Waals surface area contributed by atoms with Gasteiger partial charge in [0.25, 0.3) is 0 Å². The topological polar surface area (TPSA) is 127 Å². The van der Waals surface area contributed by atoms with E-state index in [1.165, 1.54) is 48.5 Å². The third-order valence-electron chi connectivity index (χ3n) is 3.64. The number of unbranched alkanes of at least 4 members (excludes halogenated alkanes) is 1. The average Bonchev–Trinajstić information content (AvgIpc) is 2.65. The van der Waals surface area contributed by atoms with Crippen LogP contribution in [0.5, 0.6) is 11.5 Å². The Labute approximate surface area is 160 Å². The molecule has 2 N–H and O–H groups in total. The number of carbonyl (C=O) groups excluding carboxylic acids is 2. The molecule has 0 unspecified atom stereocenters. The Kier molecular flexibility index (Phi) is 7.27. The van der Waals surface area contributed by atoms with Crippen molar-refractivity contribution in [2.75, 3.05) is 0 Å². The SMILES string of the molecule is O=C(CCCCC(=O)Oc1cccc(C(=O)O)c1)Oc1cccc(C(=O)O)c1. The van der Waals surface area contributed by atoms with Crippen molar-refractivity contribution in [2.45, 2.75) is 25.7 Å². The van der Waals surface area contributed by atoms with Crippen LogP contribution < -0.4 is 9.47 Å². The molecule has 2 aromatic carbocycles. The molecule has 0 fully saturated rings. The first-order valence-corrected chi connectivity index (χ1v) is 8.43. The fraction of sp³-hybridized carbons (Fsp3) is 0.200. The van der Waals surface area contributed by atoms with Crippen LogP contribution in [0.4, 0.5) is 0 Å². The number of hydrogen-bond donors (Lipinski definition) is 2. The highest BCUT2D eigenvalue weighted by Crippen LogP contribution is 2.16. The average molecular weight is 386 g/mol. The molecule has 0 atom stereocenters. The first kappa shape index (κ1) is 20.6. The summed E-state index contributed by atoms with van der Waals surface area (Å²) in [6.45, 7) is 0. The lowest BCUT2D eigenvalue weighted by Crippen LogP contribution is -2.10. The Bertz CT molecular complexity index is 814. The number of carboxylic acid groups (broad SMARTS) is 2. The van der Waals surface area contributed by atoms with Crippen molar-refractivity contribution in [1.29, 1.82) is 0 Å². The van der Waals surface area contributed by atoms with E-state index in [0.29, 0.717) is 12.8 Å². The number of carbonyl (C=O) groups is 4. The number of esters is 2. The van der Waals surface area contributed by atoms with Crippen LogP contribution >= 0.6 is 0 Å². The molecule has 2 rings (SSSR count). The van der Waals surface area contributed by atoms with Gasteiger partial charge in [-0.15, -0.1) is 0 Å². The molecule has 146 valence electrons. The van der Waals surface area contributed by atoms with Crippen LogP contribution in [-0.2, 0) is 9.59 Å². The fourth-order valence-corrected chi connectivity index (χ4v) is 2.29. The maximum atomic E-state index is 11.8. The van der Waals surface area contributed by atoms with Crippen molar-refractivity contribution in [1.82, 2.24) is 0 Å². The minimum atomic E-state index is -1.12. The Morgan fingerprint density at radius 3 is 1.43 bits per heavy atom. The lowest BCUT2D eigenvalue weighted by molar-refractivity contribution is -0.136. The van der Waals surface area contributed by atoms with E-state index >= 15 is 0 Å². The molecule has 0 saturated heterocycles. The molecular formula is C20H18O8. The molecule has 0 saturated carbocycles. The number of aromatic carboxylic acids is 2. The molecule has 0 aromatic heterocycles. The fourth-order valence-electron chi connectivity index (χ4n) is 2.29. The molecule has 8 nitrogen and oxygen atoms in total. The standard InChI is InChI=1S/C20H18O8/c21-17(27-15-7-3-5-13(11-15)19(23)24)9-1-2-10-18(22)28-16-8-4-6-14(12-16)20(25)26/h3-8,11-12H,1-2,9-10H2,(H,23,24)(H,25,26). The Balaban J connectivity index is 1.72. The summed E-state index contributed by atoms with van der Waals surface area (Å²) in [6, 6.07) is 11.2. The normalized spacial score (nSPS) is 10.1. The molecule has 8 heteroatoms. The van der Waals surface area contributed by atoms with Gasteiger partial charge in [0, 0.05) is 12.8 Å². The van der Waals surface area contributed by atoms with Gasteiger partial charge in [-0.1, -0.05) is 12.1 Å². The zero-order chi connectivity index (χ0) is 20.5. The lowest BCUT2D eigenvalue weighted by Gasteiger charge is -2.06. The molecule has 0 aliphatic rings. The van der Waals surface area contributed by atoms with Gasteiger partial charge in [0.15, 0.2) is 0 Å². The van der Waals surface area contributed by atoms with E-state index in [4.69, 9.17) is 19.7 Å². The van der Waals surface area contributed by atoms with Crippen molar-refractivity contribution >= 4 is 23.9 Å². The molecule has 0 bridgehead atoms. The van der Waals surface area contributed by atoms with Gasteiger partial charge >= 0.3 is 23.9 Å². The molecule has 0 radical (unpaired) electrons. The van der Waals surface area contributed by atoms with Crippen LogP contribution in [0.2, 0.25) is 0 Å². The molecule has 28 heavy (non-hydrogen) atoms. The highest BCUT2D eigenvalue weighted by atomic mass is 16.5. The predicted octanol–water partition coefficient (Wildman–Crippen LogP) is 3.15. The van der Waals surface area contributed by atoms with E-state index in [2.05, 4.69) is 0 Å². The summed E-state index contributed by atoms with van der Waals surface area (Å²) in [7, 11) is 0. The summed E-state index contributed by atoms with van der Waals surface area (Å²) in [5.74, 6) is -3.03. The Hall–Kier alpha value is -3.68. The number of benzene rings is 2.